The molecular formula is C19H25N3O3. The monoisotopic (exact) mass is 343 g/mol. The molecule has 1 fully saturated rings. The summed E-state index contributed by atoms with van der Waals surface area (Å²) in [7, 11) is 0. The predicted octanol–water partition coefficient (Wildman–Crippen LogP) is 3.69. The fourth-order valence-electron chi connectivity index (χ4n) is 3.16. The Morgan fingerprint density at radius 1 is 1.32 bits per heavy atom. The van der Waals surface area contributed by atoms with E-state index in [0.717, 1.165) is 37.1 Å². The zero-order chi connectivity index (χ0) is 17.8. The normalized spacial score (nSPS) is 20.6. The highest BCUT2D eigenvalue weighted by molar-refractivity contribution is 5.88. The maximum atomic E-state index is 11.1. The first-order chi connectivity index (χ1) is 12.0. The zero-order valence-corrected chi connectivity index (χ0v) is 15.0. The molecule has 0 bridgehead atoms. The molecule has 1 aromatic heterocycles. The lowest BCUT2D eigenvalue weighted by Gasteiger charge is -2.31. The fraction of sp³-hybridized carbons (Fsp3) is 0.526. The molecule has 0 spiro atoms. The number of amides is 1. The molecule has 1 aliphatic rings. The Morgan fingerprint density at radius 2 is 2.08 bits per heavy atom. The second kappa shape index (κ2) is 7.78. The highest BCUT2D eigenvalue weighted by atomic mass is 16.5. The SMILES string of the molecule is CC(=O)Nc1ccc(-c2noc(C[C@@H]3CCO[C@H](C(C)C)C3)n2)cc1. The number of aromatic nitrogens is 2. The van der Waals surface area contributed by atoms with Crippen LogP contribution in [0.15, 0.2) is 28.8 Å². The molecule has 2 heterocycles. The van der Waals surface area contributed by atoms with E-state index in [1.54, 1.807) is 0 Å². The lowest BCUT2D eigenvalue weighted by molar-refractivity contribution is -0.114. The van der Waals surface area contributed by atoms with E-state index in [4.69, 9.17) is 9.26 Å². The summed E-state index contributed by atoms with van der Waals surface area (Å²) in [4.78, 5) is 15.6. The average Bonchev–Trinajstić information content (AvgIpc) is 3.03. The van der Waals surface area contributed by atoms with Crippen LogP contribution in [0.1, 0.15) is 39.5 Å². The van der Waals surface area contributed by atoms with Crippen LogP contribution in [0, 0.1) is 11.8 Å². The molecule has 134 valence electrons. The second-order valence-electron chi connectivity index (χ2n) is 7.02. The molecule has 6 nitrogen and oxygen atoms in total. The summed E-state index contributed by atoms with van der Waals surface area (Å²) in [6.45, 7) is 6.68. The zero-order valence-electron chi connectivity index (χ0n) is 15.0. The van der Waals surface area contributed by atoms with Crippen molar-refractivity contribution in [3.05, 3.63) is 30.2 Å². The minimum atomic E-state index is -0.0919. The van der Waals surface area contributed by atoms with Crippen LogP contribution in [0.25, 0.3) is 11.4 Å². The van der Waals surface area contributed by atoms with Crippen molar-refractivity contribution in [3.63, 3.8) is 0 Å². The van der Waals surface area contributed by atoms with Gasteiger partial charge < -0.3 is 14.6 Å². The van der Waals surface area contributed by atoms with Gasteiger partial charge in [-0.3, -0.25) is 4.79 Å². The van der Waals surface area contributed by atoms with Crippen LogP contribution in [0.4, 0.5) is 5.69 Å². The largest absolute Gasteiger partial charge is 0.378 e. The van der Waals surface area contributed by atoms with Gasteiger partial charge >= 0.3 is 0 Å². The van der Waals surface area contributed by atoms with Gasteiger partial charge in [-0.1, -0.05) is 19.0 Å². The molecule has 0 radical (unpaired) electrons. The second-order valence-corrected chi connectivity index (χ2v) is 7.02. The van der Waals surface area contributed by atoms with E-state index in [9.17, 15) is 4.79 Å². The maximum Gasteiger partial charge on any atom is 0.227 e. The van der Waals surface area contributed by atoms with Crippen molar-refractivity contribution < 1.29 is 14.1 Å². The van der Waals surface area contributed by atoms with Gasteiger partial charge in [0, 0.05) is 31.2 Å². The quantitative estimate of drug-likeness (QED) is 0.896. The summed E-state index contributed by atoms with van der Waals surface area (Å²) in [6.07, 6.45) is 3.19. The van der Waals surface area contributed by atoms with E-state index in [-0.39, 0.29) is 5.91 Å². The van der Waals surface area contributed by atoms with Crippen molar-refractivity contribution in [2.24, 2.45) is 11.8 Å². The fourth-order valence-corrected chi connectivity index (χ4v) is 3.16. The first-order valence-corrected chi connectivity index (χ1v) is 8.83. The average molecular weight is 343 g/mol. The van der Waals surface area contributed by atoms with E-state index in [2.05, 4.69) is 29.3 Å². The summed E-state index contributed by atoms with van der Waals surface area (Å²) >= 11 is 0. The van der Waals surface area contributed by atoms with Crippen LogP contribution in [0.5, 0.6) is 0 Å². The Kier molecular flexibility index (Phi) is 5.48. The third kappa shape index (κ3) is 4.66. The van der Waals surface area contributed by atoms with E-state index < -0.39 is 0 Å². The molecule has 0 aliphatic carbocycles. The van der Waals surface area contributed by atoms with Crippen molar-refractivity contribution >= 4 is 11.6 Å². The first-order valence-electron chi connectivity index (χ1n) is 8.83. The molecule has 1 aromatic carbocycles. The number of ether oxygens (including phenoxy) is 1. The minimum Gasteiger partial charge on any atom is -0.378 e. The number of hydrogen-bond donors (Lipinski definition) is 1. The van der Waals surface area contributed by atoms with E-state index >= 15 is 0 Å². The Hall–Kier alpha value is -2.21. The molecular weight excluding hydrogens is 318 g/mol. The molecule has 2 atom stereocenters. The van der Waals surface area contributed by atoms with Crippen LogP contribution in [0.3, 0.4) is 0 Å². The lowest BCUT2D eigenvalue weighted by atomic mass is 9.88. The predicted molar refractivity (Wildman–Crippen MR) is 95.0 cm³/mol. The van der Waals surface area contributed by atoms with Crippen molar-refractivity contribution in [2.75, 3.05) is 11.9 Å². The number of nitrogens with zero attached hydrogens (tertiary/aromatic N) is 2. The number of benzene rings is 1. The molecule has 2 aromatic rings. The van der Waals surface area contributed by atoms with Gasteiger partial charge in [0.15, 0.2) is 0 Å². The molecule has 0 saturated carbocycles. The Bertz CT molecular complexity index is 709. The van der Waals surface area contributed by atoms with E-state index in [1.165, 1.54) is 6.92 Å². The smallest absolute Gasteiger partial charge is 0.227 e. The van der Waals surface area contributed by atoms with Gasteiger partial charge in [-0.15, -0.1) is 0 Å². The van der Waals surface area contributed by atoms with Crippen LogP contribution < -0.4 is 5.32 Å². The third-order valence-corrected chi connectivity index (χ3v) is 4.56. The first kappa shape index (κ1) is 17.6. The molecule has 1 amide bonds. The molecule has 1 N–H and O–H groups in total. The summed E-state index contributed by atoms with van der Waals surface area (Å²) in [5, 5.41) is 6.83. The summed E-state index contributed by atoms with van der Waals surface area (Å²) in [6, 6.07) is 7.42. The maximum absolute atomic E-state index is 11.1. The topological polar surface area (TPSA) is 77.2 Å². The summed E-state index contributed by atoms with van der Waals surface area (Å²) < 4.78 is 11.3. The Balaban J connectivity index is 1.63. The lowest BCUT2D eigenvalue weighted by Crippen LogP contribution is -2.30. The van der Waals surface area contributed by atoms with Gasteiger partial charge in [-0.05, 0) is 48.9 Å². The highest BCUT2D eigenvalue weighted by Crippen LogP contribution is 2.28. The molecule has 6 heteroatoms. The van der Waals surface area contributed by atoms with Gasteiger partial charge in [-0.25, -0.2) is 0 Å². The van der Waals surface area contributed by atoms with Crippen molar-refractivity contribution in [2.45, 2.75) is 46.1 Å². The van der Waals surface area contributed by atoms with Crippen LogP contribution in [-0.4, -0.2) is 28.8 Å². The minimum absolute atomic E-state index is 0.0919. The standard InChI is InChI=1S/C19H25N3O3/c1-12(2)17-10-14(8-9-24-17)11-18-21-19(22-25-18)15-4-6-16(7-5-15)20-13(3)23/h4-7,12,14,17H,8-11H2,1-3H3,(H,20,23)/t14-,17+/m1/s1. The van der Waals surface area contributed by atoms with Crippen molar-refractivity contribution in [3.8, 4) is 11.4 Å². The van der Waals surface area contributed by atoms with Crippen LogP contribution in [-0.2, 0) is 16.0 Å². The number of anilines is 1. The van der Waals surface area contributed by atoms with Crippen molar-refractivity contribution in [1.82, 2.24) is 10.1 Å². The van der Waals surface area contributed by atoms with Gasteiger partial charge in [-0.2, -0.15) is 4.98 Å². The molecule has 0 unspecified atom stereocenters. The van der Waals surface area contributed by atoms with Crippen molar-refractivity contribution in [1.29, 1.82) is 0 Å². The number of carbonyl (C=O) groups is 1. The number of carbonyl (C=O) groups excluding carboxylic acids is 1. The third-order valence-electron chi connectivity index (χ3n) is 4.56. The van der Waals surface area contributed by atoms with Crippen LogP contribution in [0.2, 0.25) is 0 Å². The summed E-state index contributed by atoms with van der Waals surface area (Å²) in [5.74, 6) is 2.22. The van der Waals surface area contributed by atoms with E-state index in [0.29, 0.717) is 29.7 Å². The summed E-state index contributed by atoms with van der Waals surface area (Å²) in [5.41, 5.74) is 1.62. The van der Waals surface area contributed by atoms with Gasteiger partial charge in [0.05, 0.1) is 6.10 Å². The van der Waals surface area contributed by atoms with Gasteiger partial charge in [0.2, 0.25) is 17.6 Å². The van der Waals surface area contributed by atoms with Crippen LogP contribution >= 0.6 is 0 Å². The van der Waals surface area contributed by atoms with Gasteiger partial charge in [0.1, 0.15) is 0 Å². The molecule has 1 saturated heterocycles. The molecule has 1 aliphatic heterocycles. The highest BCUT2D eigenvalue weighted by Gasteiger charge is 2.26. The molecule has 25 heavy (non-hydrogen) atoms. The van der Waals surface area contributed by atoms with E-state index in [1.807, 2.05) is 24.3 Å². The molecule has 3 rings (SSSR count). The number of nitrogens with one attached hydrogen (secondary N) is 1. The van der Waals surface area contributed by atoms with Gasteiger partial charge in [0.25, 0.3) is 0 Å². The Morgan fingerprint density at radius 3 is 2.76 bits per heavy atom. The number of hydrogen-bond acceptors (Lipinski definition) is 5. The number of rotatable bonds is 5. The Labute approximate surface area is 148 Å².